The van der Waals surface area contributed by atoms with Crippen LogP contribution in [-0.2, 0) is 21.0 Å². The van der Waals surface area contributed by atoms with Gasteiger partial charge in [-0.3, -0.25) is 9.63 Å². The van der Waals surface area contributed by atoms with Crippen LogP contribution < -0.4 is 0 Å². The molecule has 2 atom stereocenters. The number of hydrogen-bond donors (Lipinski definition) is 0. The predicted octanol–water partition coefficient (Wildman–Crippen LogP) is 2.93. The summed E-state index contributed by atoms with van der Waals surface area (Å²) >= 11 is 0. The van der Waals surface area contributed by atoms with E-state index < -0.39 is 0 Å². The zero-order valence-corrected chi connectivity index (χ0v) is 12.6. The number of carbonyl (C=O) groups is 1. The van der Waals surface area contributed by atoms with E-state index in [9.17, 15) is 4.79 Å². The van der Waals surface area contributed by atoms with Crippen molar-refractivity contribution in [3.8, 4) is 0 Å². The zero-order valence-electron chi connectivity index (χ0n) is 12.6. The number of carbonyl (C=O) groups excluding carboxylic acids is 1. The second kappa shape index (κ2) is 6.16. The molecule has 1 heterocycles. The SMILES string of the molecule is C[C@@]12CCC[C@@H]1CON2CCC(=O)OCc1ccccc1. The first kappa shape index (κ1) is 14.5. The normalized spacial score (nSPS) is 28.5. The molecule has 1 aliphatic heterocycles. The lowest BCUT2D eigenvalue weighted by Crippen LogP contribution is -2.42. The van der Waals surface area contributed by atoms with Gasteiger partial charge in [0.1, 0.15) is 6.61 Å². The van der Waals surface area contributed by atoms with Gasteiger partial charge in [-0.1, -0.05) is 36.8 Å². The molecule has 0 N–H and O–H groups in total. The minimum absolute atomic E-state index is 0.125. The van der Waals surface area contributed by atoms with Crippen molar-refractivity contribution in [2.24, 2.45) is 5.92 Å². The Morgan fingerprint density at radius 1 is 1.43 bits per heavy atom. The lowest BCUT2D eigenvalue weighted by atomic mass is 9.90. The monoisotopic (exact) mass is 289 g/mol. The second-order valence-corrected chi connectivity index (χ2v) is 6.24. The lowest BCUT2D eigenvalue weighted by Gasteiger charge is -2.32. The molecule has 1 aromatic carbocycles. The molecule has 1 aliphatic carbocycles. The van der Waals surface area contributed by atoms with E-state index >= 15 is 0 Å². The molecule has 2 fully saturated rings. The second-order valence-electron chi connectivity index (χ2n) is 6.24. The summed E-state index contributed by atoms with van der Waals surface area (Å²) in [6.45, 7) is 4.03. The third-order valence-corrected chi connectivity index (χ3v) is 4.88. The molecule has 21 heavy (non-hydrogen) atoms. The average Bonchev–Trinajstić information content (AvgIpc) is 3.01. The molecule has 3 rings (SSSR count). The summed E-state index contributed by atoms with van der Waals surface area (Å²) in [7, 11) is 0. The molecule has 1 saturated carbocycles. The van der Waals surface area contributed by atoms with Crippen LogP contribution in [0.15, 0.2) is 30.3 Å². The largest absolute Gasteiger partial charge is 0.461 e. The number of ether oxygens (including phenoxy) is 1. The summed E-state index contributed by atoms with van der Waals surface area (Å²) in [5, 5.41) is 2.02. The Morgan fingerprint density at radius 2 is 2.24 bits per heavy atom. The molecule has 0 amide bonds. The van der Waals surface area contributed by atoms with Crippen LogP contribution >= 0.6 is 0 Å². The average molecular weight is 289 g/mol. The van der Waals surface area contributed by atoms with Gasteiger partial charge in [0.2, 0.25) is 0 Å². The summed E-state index contributed by atoms with van der Waals surface area (Å²) in [6, 6.07) is 9.77. The molecule has 0 bridgehead atoms. The van der Waals surface area contributed by atoms with Crippen LogP contribution in [0, 0.1) is 5.92 Å². The van der Waals surface area contributed by atoms with E-state index in [1.165, 1.54) is 12.8 Å². The van der Waals surface area contributed by atoms with Crippen molar-refractivity contribution in [2.75, 3.05) is 13.2 Å². The van der Waals surface area contributed by atoms with Gasteiger partial charge in [-0.25, -0.2) is 0 Å². The number of hydroxylamine groups is 2. The topological polar surface area (TPSA) is 38.8 Å². The molecule has 1 aromatic rings. The third kappa shape index (κ3) is 3.11. The Morgan fingerprint density at radius 3 is 3.05 bits per heavy atom. The molecule has 2 aliphatic rings. The van der Waals surface area contributed by atoms with Gasteiger partial charge in [-0.05, 0) is 25.3 Å². The highest BCUT2D eigenvalue weighted by Gasteiger charge is 2.49. The first-order valence-electron chi connectivity index (χ1n) is 7.78. The first-order chi connectivity index (χ1) is 10.2. The minimum atomic E-state index is -0.160. The van der Waals surface area contributed by atoms with E-state index in [1.807, 2.05) is 35.4 Å². The molecule has 114 valence electrons. The fourth-order valence-electron chi connectivity index (χ4n) is 3.46. The van der Waals surface area contributed by atoms with E-state index in [4.69, 9.17) is 9.57 Å². The van der Waals surface area contributed by atoms with Crippen LogP contribution in [0.25, 0.3) is 0 Å². The standard InChI is InChI=1S/C17H23NO3/c1-17-10-5-8-15(17)13-21-18(17)11-9-16(19)20-12-14-6-3-2-4-7-14/h2-4,6-7,15H,5,8-13H2,1H3/t15-,17-/m1/s1. The van der Waals surface area contributed by atoms with Crippen molar-refractivity contribution in [3.63, 3.8) is 0 Å². The molecular weight excluding hydrogens is 266 g/mol. The van der Waals surface area contributed by atoms with Crippen molar-refractivity contribution in [2.45, 2.75) is 44.8 Å². The summed E-state index contributed by atoms with van der Waals surface area (Å²) in [5.74, 6) is 0.463. The van der Waals surface area contributed by atoms with Crippen molar-refractivity contribution >= 4 is 5.97 Å². The predicted molar refractivity (Wildman–Crippen MR) is 79.3 cm³/mol. The number of nitrogens with zero attached hydrogens (tertiary/aromatic N) is 1. The number of fused-ring (bicyclic) bond motifs is 1. The molecule has 0 radical (unpaired) electrons. The Kier molecular flexibility index (Phi) is 4.27. The molecule has 4 heteroatoms. The van der Waals surface area contributed by atoms with Crippen LogP contribution in [0.1, 0.15) is 38.2 Å². The first-order valence-corrected chi connectivity index (χ1v) is 7.78. The van der Waals surface area contributed by atoms with Crippen LogP contribution in [-0.4, -0.2) is 29.7 Å². The van der Waals surface area contributed by atoms with E-state index in [0.29, 0.717) is 25.5 Å². The Bertz CT molecular complexity index is 490. The maximum Gasteiger partial charge on any atom is 0.307 e. The van der Waals surface area contributed by atoms with E-state index in [-0.39, 0.29) is 11.5 Å². The Balaban J connectivity index is 1.44. The summed E-state index contributed by atoms with van der Waals surface area (Å²) in [4.78, 5) is 17.6. The summed E-state index contributed by atoms with van der Waals surface area (Å²) < 4.78 is 5.31. The van der Waals surface area contributed by atoms with Crippen LogP contribution in [0.2, 0.25) is 0 Å². The van der Waals surface area contributed by atoms with Gasteiger partial charge in [0.15, 0.2) is 0 Å². The maximum atomic E-state index is 11.9. The number of esters is 1. The van der Waals surface area contributed by atoms with Gasteiger partial charge in [0.05, 0.1) is 13.0 Å². The quantitative estimate of drug-likeness (QED) is 0.781. The lowest BCUT2D eigenvalue weighted by molar-refractivity contribution is -0.169. The van der Waals surface area contributed by atoms with Gasteiger partial charge in [-0.15, -0.1) is 0 Å². The van der Waals surface area contributed by atoms with Gasteiger partial charge < -0.3 is 4.74 Å². The third-order valence-electron chi connectivity index (χ3n) is 4.88. The van der Waals surface area contributed by atoms with Crippen molar-refractivity contribution < 1.29 is 14.4 Å². The van der Waals surface area contributed by atoms with Crippen LogP contribution in [0.5, 0.6) is 0 Å². The van der Waals surface area contributed by atoms with Crippen LogP contribution in [0.4, 0.5) is 0 Å². The molecule has 0 unspecified atom stereocenters. The van der Waals surface area contributed by atoms with Gasteiger partial charge in [0.25, 0.3) is 0 Å². The Labute approximate surface area is 126 Å². The fraction of sp³-hybridized carbons (Fsp3) is 0.588. The zero-order chi connectivity index (χ0) is 14.7. The number of benzene rings is 1. The molecule has 1 saturated heterocycles. The molecule has 0 aromatic heterocycles. The highest BCUT2D eigenvalue weighted by molar-refractivity contribution is 5.69. The Hall–Kier alpha value is -1.39. The maximum absolute atomic E-state index is 11.9. The van der Waals surface area contributed by atoms with Crippen molar-refractivity contribution in [1.29, 1.82) is 0 Å². The van der Waals surface area contributed by atoms with E-state index in [2.05, 4.69) is 6.92 Å². The van der Waals surface area contributed by atoms with E-state index in [0.717, 1.165) is 18.6 Å². The van der Waals surface area contributed by atoms with Gasteiger partial charge >= 0.3 is 5.97 Å². The minimum Gasteiger partial charge on any atom is -0.461 e. The number of rotatable bonds is 5. The van der Waals surface area contributed by atoms with Crippen molar-refractivity contribution in [1.82, 2.24) is 5.06 Å². The van der Waals surface area contributed by atoms with E-state index in [1.54, 1.807) is 0 Å². The van der Waals surface area contributed by atoms with Gasteiger partial charge in [0, 0.05) is 18.0 Å². The number of hydrogen-bond acceptors (Lipinski definition) is 4. The molecule has 0 spiro atoms. The summed E-state index contributed by atoms with van der Waals surface area (Å²) in [5.41, 5.74) is 1.14. The van der Waals surface area contributed by atoms with Crippen LogP contribution in [0.3, 0.4) is 0 Å². The molecular formula is C17H23NO3. The van der Waals surface area contributed by atoms with Crippen molar-refractivity contribution in [3.05, 3.63) is 35.9 Å². The van der Waals surface area contributed by atoms with Gasteiger partial charge in [-0.2, -0.15) is 5.06 Å². The molecule has 4 nitrogen and oxygen atoms in total. The highest BCUT2D eigenvalue weighted by Crippen LogP contribution is 2.44. The summed E-state index contributed by atoms with van der Waals surface area (Å²) in [6.07, 6.45) is 4.05. The smallest absolute Gasteiger partial charge is 0.307 e. The fourth-order valence-corrected chi connectivity index (χ4v) is 3.46. The highest BCUT2D eigenvalue weighted by atomic mass is 16.7.